The standard InChI is InChI=1S/C39H45Cl2N7O4/c1-45-17-15-31-29(21-45)42-36(46(31)2)33(49)20-25-6-4-7-26(34(25)40)27-8-5-9-28(35(27)41)44-38(50)37-43-30-22-48(19-16-32(30)47(37)3)18-14-23-10-12-24(13-11-23)39(51)52/h4-9,23-24H,10-22H2,1-3H3,(H,44,50)(H,51,52). The van der Waals surface area contributed by atoms with E-state index in [1.165, 1.54) is 0 Å². The van der Waals surface area contributed by atoms with Gasteiger partial charge in [0.05, 0.1) is 33.0 Å². The van der Waals surface area contributed by atoms with Gasteiger partial charge in [0.25, 0.3) is 5.91 Å². The third kappa shape index (κ3) is 7.28. The zero-order chi connectivity index (χ0) is 36.7. The van der Waals surface area contributed by atoms with E-state index in [9.17, 15) is 19.5 Å². The number of imidazole rings is 2. The molecule has 3 aliphatic rings. The van der Waals surface area contributed by atoms with Crippen LogP contribution in [0.5, 0.6) is 0 Å². The van der Waals surface area contributed by atoms with Crippen molar-refractivity contribution in [3.63, 3.8) is 0 Å². The number of ketones is 1. The number of carboxylic acids is 1. The van der Waals surface area contributed by atoms with Gasteiger partial charge in [-0.2, -0.15) is 0 Å². The molecule has 13 heteroatoms. The molecular weight excluding hydrogens is 701 g/mol. The Bertz CT molecular complexity index is 2030. The minimum Gasteiger partial charge on any atom is -0.481 e. The van der Waals surface area contributed by atoms with Crippen LogP contribution in [-0.2, 0) is 51.2 Å². The predicted molar refractivity (Wildman–Crippen MR) is 201 cm³/mol. The fourth-order valence-electron chi connectivity index (χ4n) is 8.14. The van der Waals surface area contributed by atoms with Crippen LogP contribution in [0, 0.1) is 11.8 Å². The molecule has 4 heterocycles. The van der Waals surface area contributed by atoms with E-state index in [0.29, 0.717) is 56.5 Å². The smallest absolute Gasteiger partial charge is 0.306 e. The van der Waals surface area contributed by atoms with Crippen LogP contribution in [0.25, 0.3) is 11.1 Å². The van der Waals surface area contributed by atoms with Gasteiger partial charge < -0.3 is 24.5 Å². The third-order valence-electron chi connectivity index (χ3n) is 11.3. The minimum absolute atomic E-state index is 0.0926. The van der Waals surface area contributed by atoms with Crippen molar-refractivity contribution in [2.24, 2.45) is 25.9 Å². The number of carboxylic acid groups (broad SMARTS) is 1. The average molecular weight is 747 g/mol. The summed E-state index contributed by atoms with van der Waals surface area (Å²) >= 11 is 13.9. The first kappa shape index (κ1) is 36.3. The highest BCUT2D eigenvalue weighted by Crippen LogP contribution is 2.39. The number of amides is 1. The molecule has 1 amide bonds. The maximum absolute atomic E-state index is 13.7. The molecule has 2 aromatic heterocycles. The highest BCUT2D eigenvalue weighted by molar-refractivity contribution is 6.39. The van der Waals surface area contributed by atoms with Crippen molar-refractivity contribution in [3.8, 4) is 11.1 Å². The van der Waals surface area contributed by atoms with E-state index in [-0.39, 0.29) is 24.0 Å². The molecule has 0 unspecified atom stereocenters. The van der Waals surface area contributed by atoms with Crippen molar-refractivity contribution >= 4 is 46.5 Å². The molecule has 1 saturated carbocycles. The van der Waals surface area contributed by atoms with Gasteiger partial charge in [0.1, 0.15) is 0 Å². The predicted octanol–water partition coefficient (Wildman–Crippen LogP) is 6.43. The molecule has 1 fully saturated rings. The largest absolute Gasteiger partial charge is 0.481 e. The molecule has 4 aromatic rings. The normalized spacial score (nSPS) is 19.2. The summed E-state index contributed by atoms with van der Waals surface area (Å²) in [5.41, 5.74) is 6.42. The molecule has 0 radical (unpaired) electrons. The topological polar surface area (TPSA) is 126 Å². The summed E-state index contributed by atoms with van der Waals surface area (Å²) in [5, 5.41) is 13.0. The number of likely N-dealkylation sites (N-methyl/N-ethyl adjacent to an activating group) is 1. The van der Waals surface area contributed by atoms with Crippen LogP contribution < -0.4 is 5.32 Å². The summed E-state index contributed by atoms with van der Waals surface area (Å²) in [6.07, 6.45) is 6.26. The molecule has 274 valence electrons. The van der Waals surface area contributed by atoms with Crippen LogP contribution in [0.4, 0.5) is 5.69 Å². The molecule has 0 saturated heterocycles. The second-order valence-corrected chi connectivity index (χ2v) is 15.4. The van der Waals surface area contributed by atoms with Gasteiger partial charge in [0, 0.05) is 82.1 Å². The number of nitrogens with zero attached hydrogens (tertiary/aromatic N) is 6. The zero-order valence-electron chi connectivity index (χ0n) is 29.9. The lowest BCUT2D eigenvalue weighted by Gasteiger charge is -2.30. The average Bonchev–Trinajstić information content (AvgIpc) is 3.64. The van der Waals surface area contributed by atoms with Crippen molar-refractivity contribution in [1.82, 2.24) is 28.9 Å². The summed E-state index contributed by atoms with van der Waals surface area (Å²) in [5.74, 6) is -0.00702. The zero-order valence-corrected chi connectivity index (χ0v) is 31.4. The van der Waals surface area contributed by atoms with Crippen molar-refractivity contribution in [2.75, 3.05) is 32.0 Å². The lowest BCUT2D eigenvalue weighted by molar-refractivity contribution is -0.143. The first-order valence-electron chi connectivity index (χ1n) is 18.1. The van der Waals surface area contributed by atoms with Crippen LogP contribution in [0.2, 0.25) is 10.0 Å². The SMILES string of the molecule is CN1CCc2c(nc(C(=O)Cc3cccc(-c4cccc(NC(=O)c5nc6c(n5C)CCN(CCC5CCC(C(=O)O)CC5)C6)c4Cl)c3Cl)n2C)C1. The van der Waals surface area contributed by atoms with Gasteiger partial charge in [0.15, 0.2) is 11.6 Å². The molecule has 1 aliphatic carbocycles. The Hall–Kier alpha value is -4.03. The fraction of sp³-hybridized carbons (Fsp3) is 0.462. The van der Waals surface area contributed by atoms with Crippen LogP contribution in [-0.4, -0.2) is 78.4 Å². The molecular formula is C39H45Cl2N7O4. The molecule has 0 spiro atoms. The quantitative estimate of drug-likeness (QED) is 0.178. The Morgan fingerprint density at radius 2 is 1.46 bits per heavy atom. The second-order valence-electron chi connectivity index (χ2n) is 14.6. The van der Waals surface area contributed by atoms with Crippen molar-refractivity contribution < 1.29 is 19.5 Å². The molecule has 2 aromatic carbocycles. The number of fused-ring (bicyclic) bond motifs is 2. The van der Waals surface area contributed by atoms with Gasteiger partial charge in [-0.3, -0.25) is 19.3 Å². The lowest BCUT2D eigenvalue weighted by atomic mass is 9.80. The monoisotopic (exact) mass is 745 g/mol. The number of benzene rings is 2. The van der Waals surface area contributed by atoms with E-state index in [4.69, 9.17) is 33.2 Å². The number of carbonyl (C=O) groups is 3. The van der Waals surface area contributed by atoms with E-state index in [1.807, 2.05) is 53.6 Å². The summed E-state index contributed by atoms with van der Waals surface area (Å²) < 4.78 is 3.79. The number of aliphatic carboxylic acids is 1. The second kappa shape index (κ2) is 15.1. The van der Waals surface area contributed by atoms with Gasteiger partial charge in [-0.05, 0) is 63.2 Å². The van der Waals surface area contributed by atoms with Crippen LogP contribution in [0.1, 0.15) is 81.7 Å². The number of hydrogen-bond donors (Lipinski definition) is 2. The van der Waals surface area contributed by atoms with Gasteiger partial charge in [-0.1, -0.05) is 53.5 Å². The fourth-order valence-corrected chi connectivity index (χ4v) is 8.71. The molecule has 2 aliphatic heterocycles. The molecule has 52 heavy (non-hydrogen) atoms. The Morgan fingerprint density at radius 1 is 0.827 bits per heavy atom. The van der Waals surface area contributed by atoms with E-state index < -0.39 is 5.97 Å². The van der Waals surface area contributed by atoms with Crippen LogP contribution in [0.15, 0.2) is 36.4 Å². The number of hydrogen-bond acceptors (Lipinski definition) is 7. The van der Waals surface area contributed by atoms with Gasteiger partial charge in [-0.25, -0.2) is 9.97 Å². The minimum atomic E-state index is -0.667. The number of aromatic nitrogens is 4. The summed E-state index contributed by atoms with van der Waals surface area (Å²) in [6.45, 7) is 4.15. The summed E-state index contributed by atoms with van der Waals surface area (Å²) in [4.78, 5) is 52.5. The number of rotatable bonds is 10. The lowest BCUT2D eigenvalue weighted by Crippen LogP contribution is -2.33. The van der Waals surface area contributed by atoms with Crippen LogP contribution >= 0.6 is 23.2 Å². The number of halogens is 2. The Labute approximate surface area is 313 Å². The van der Waals surface area contributed by atoms with Gasteiger partial charge >= 0.3 is 5.97 Å². The number of nitrogens with one attached hydrogen (secondary N) is 1. The van der Waals surface area contributed by atoms with Crippen molar-refractivity contribution in [2.45, 2.75) is 64.5 Å². The van der Waals surface area contributed by atoms with Crippen molar-refractivity contribution in [1.29, 1.82) is 0 Å². The van der Waals surface area contributed by atoms with Crippen LogP contribution in [0.3, 0.4) is 0 Å². The first-order chi connectivity index (χ1) is 25.0. The summed E-state index contributed by atoms with van der Waals surface area (Å²) in [6, 6.07) is 11.0. The van der Waals surface area contributed by atoms with E-state index in [1.54, 1.807) is 6.07 Å². The molecule has 0 bridgehead atoms. The summed E-state index contributed by atoms with van der Waals surface area (Å²) in [7, 11) is 5.83. The van der Waals surface area contributed by atoms with E-state index >= 15 is 0 Å². The molecule has 7 rings (SSSR count). The Balaban J connectivity index is 1.02. The first-order valence-corrected chi connectivity index (χ1v) is 18.9. The molecule has 0 atom stereocenters. The highest BCUT2D eigenvalue weighted by atomic mass is 35.5. The molecule has 2 N–H and O–H groups in total. The Morgan fingerprint density at radius 3 is 2.19 bits per heavy atom. The number of carbonyl (C=O) groups excluding carboxylic acids is 2. The van der Waals surface area contributed by atoms with E-state index in [2.05, 4.69) is 22.2 Å². The third-order valence-corrected chi connectivity index (χ3v) is 12.1. The van der Waals surface area contributed by atoms with E-state index in [0.717, 1.165) is 93.9 Å². The maximum Gasteiger partial charge on any atom is 0.306 e. The number of Topliss-reactive ketones (excluding diaryl/α,β-unsaturated/α-hetero) is 1. The highest BCUT2D eigenvalue weighted by Gasteiger charge is 2.29. The molecule has 11 nitrogen and oxygen atoms in total. The number of anilines is 1. The maximum atomic E-state index is 13.7. The van der Waals surface area contributed by atoms with Crippen molar-refractivity contribution in [3.05, 3.63) is 86.4 Å². The van der Waals surface area contributed by atoms with Gasteiger partial charge in [-0.15, -0.1) is 0 Å². The Kier molecular flexibility index (Phi) is 10.6. The van der Waals surface area contributed by atoms with Gasteiger partial charge in [0.2, 0.25) is 5.78 Å².